The van der Waals surface area contributed by atoms with Crippen molar-refractivity contribution in [3.8, 4) is 56.4 Å². The van der Waals surface area contributed by atoms with Crippen molar-refractivity contribution in [2.45, 2.75) is 0 Å². The van der Waals surface area contributed by atoms with Crippen LogP contribution >= 0.6 is 0 Å². The van der Waals surface area contributed by atoms with E-state index in [1.165, 1.54) is 0 Å². The van der Waals surface area contributed by atoms with Crippen molar-refractivity contribution < 1.29 is 4.42 Å². The molecule has 0 saturated carbocycles. The molecule has 0 aliphatic carbocycles. The maximum Gasteiger partial charge on any atom is 0.164 e. The van der Waals surface area contributed by atoms with Gasteiger partial charge >= 0.3 is 0 Å². The van der Waals surface area contributed by atoms with Gasteiger partial charge in [-0.15, -0.1) is 10.9 Å². The Kier molecular flexibility index (Phi) is 7.94. The summed E-state index contributed by atoms with van der Waals surface area (Å²) in [6.45, 7) is 0. The molecule has 0 saturated heterocycles. The van der Waals surface area contributed by atoms with Gasteiger partial charge in [0.25, 0.3) is 0 Å². The van der Waals surface area contributed by atoms with Gasteiger partial charge in [0.2, 0.25) is 0 Å². The second-order valence-corrected chi connectivity index (χ2v) is 12.0. The van der Waals surface area contributed by atoms with Gasteiger partial charge in [-0.25, -0.2) is 15.0 Å². The second kappa shape index (κ2) is 12.5. The van der Waals surface area contributed by atoms with Crippen molar-refractivity contribution >= 4 is 115 Å². The minimum atomic E-state index is 0.0997. The molecule has 2 heterocycles. The van der Waals surface area contributed by atoms with Gasteiger partial charge in [-0.2, -0.15) is 0 Å². The van der Waals surface area contributed by atoms with Gasteiger partial charge in [0.1, 0.15) is 66.1 Å². The molecule has 6 aromatic carbocycles. The highest BCUT2D eigenvalue weighted by atomic mass is 16.3. The molecule has 4 nitrogen and oxygen atoms in total. The van der Waals surface area contributed by atoms with Crippen molar-refractivity contribution in [1.82, 2.24) is 15.0 Å². The predicted octanol–water partition coefficient (Wildman–Crippen LogP) is 1.66. The van der Waals surface area contributed by atoms with Crippen LogP contribution in [-0.4, -0.2) is 69.9 Å². The summed E-state index contributed by atoms with van der Waals surface area (Å²) in [5, 5.41) is 0.748. The smallest absolute Gasteiger partial charge is 0.164 e. The van der Waals surface area contributed by atoms with Crippen LogP contribution in [0.1, 0.15) is 0 Å². The normalized spacial score (nSPS) is 11.4. The largest absolute Gasteiger partial charge is 0.457 e. The zero-order valence-corrected chi connectivity index (χ0v) is 26.7. The lowest BCUT2D eigenvalue weighted by Gasteiger charge is -2.17. The Labute approximate surface area is 299 Å². The van der Waals surface area contributed by atoms with Crippen molar-refractivity contribution in [3.63, 3.8) is 0 Å². The van der Waals surface area contributed by atoms with Crippen LogP contribution in [0.25, 0.3) is 78.4 Å². The fraction of sp³-hybridized carbons (Fsp3) is 0. The van der Waals surface area contributed by atoms with Gasteiger partial charge in [-0.1, -0.05) is 137 Å². The molecule has 8 aromatic rings. The predicted molar refractivity (Wildman–Crippen MR) is 212 cm³/mol. The number of hydrogen-bond acceptors (Lipinski definition) is 4. The van der Waals surface area contributed by atoms with E-state index in [-0.39, 0.29) is 60.8 Å². The SMILES string of the molecule is [B]c1c([B])c([B])c2c(oc3c([B])c([B])c(-c4nc(-c5ccc(-c6ccccc6)cc5)nc(-c5ccc(-c6ccccc6)cc5)n4)c([B])c32)c1[B]. The molecule has 50 heavy (non-hydrogen) atoms. The third-order valence-corrected chi connectivity index (χ3v) is 8.99. The summed E-state index contributed by atoms with van der Waals surface area (Å²) in [6, 6.07) is 36.2. The molecule has 0 amide bonds. The summed E-state index contributed by atoms with van der Waals surface area (Å²) in [5.41, 5.74) is 7.39. The molecular weight excluding hydrogens is 602 g/mol. The molecular formula is C39H18B7N3O. The van der Waals surface area contributed by atoms with E-state index in [1.807, 2.05) is 84.9 Å². The number of rotatable bonds is 5. The monoisotopic (exact) mass is 621 g/mol. The zero-order valence-electron chi connectivity index (χ0n) is 26.7. The van der Waals surface area contributed by atoms with E-state index in [0.29, 0.717) is 22.4 Å². The highest BCUT2D eigenvalue weighted by molar-refractivity contribution is 6.68. The summed E-state index contributed by atoms with van der Waals surface area (Å²) < 4.78 is 6.09. The lowest BCUT2D eigenvalue weighted by atomic mass is 9.64. The first-order valence-electron chi connectivity index (χ1n) is 15.7. The van der Waals surface area contributed by atoms with Gasteiger partial charge in [0.05, 0.1) is 0 Å². The summed E-state index contributed by atoms with van der Waals surface area (Å²) in [7, 11) is 45.4. The third kappa shape index (κ3) is 5.24. The molecule has 0 spiro atoms. The minimum absolute atomic E-state index is 0.0997. The molecule has 0 aliphatic heterocycles. The van der Waals surface area contributed by atoms with Gasteiger partial charge in [0.15, 0.2) is 17.5 Å². The van der Waals surface area contributed by atoms with E-state index in [1.54, 1.807) is 0 Å². The van der Waals surface area contributed by atoms with Crippen LogP contribution in [0.5, 0.6) is 0 Å². The zero-order chi connectivity index (χ0) is 34.7. The molecule has 0 unspecified atom stereocenters. The molecule has 0 atom stereocenters. The van der Waals surface area contributed by atoms with E-state index in [2.05, 4.69) is 24.3 Å². The highest BCUT2D eigenvalue weighted by Crippen LogP contribution is 2.30. The Morgan fingerprint density at radius 3 is 1.16 bits per heavy atom. The van der Waals surface area contributed by atoms with Crippen LogP contribution in [0.15, 0.2) is 114 Å². The highest BCUT2D eigenvalue weighted by Gasteiger charge is 2.24. The van der Waals surface area contributed by atoms with Crippen LogP contribution in [-0.2, 0) is 0 Å². The van der Waals surface area contributed by atoms with Crippen LogP contribution in [0.3, 0.4) is 0 Å². The molecule has 0 bridgehead atoms. The average Bonchev–Trinajstić information content (AvgIpc) is 3.58. The van der Waals surface area contributed by atoms with Gasteiger partial charge in [-0.3, -0.25) is 0 Å². The lowest BCUT2D eigenvalue weighted by molar-refractivity contribution is 0.675. The van der Waals surface area contributed by atoms with E-state index < -0.39 is 0 Å². The second-order valence-electron chi connectivity index (χ2n) is 12.0. The standard InChI is InChI=1S/C39H18B7N3O/c40-28-25-26-29(41)31(43)32(44)34(46)36(26)50-35(25)33(45)30(42)27(28)39-48-37(23-15-11-21(12-16-23)19-7-3-1-4-8-19)47-38(49-39)24-17-13-22(14-18-24)20-9-5-2-6-10-20/h1-18H. The third-order valence-electron chi connectivity index (χ3n) is 8.99. The van der Waals surface area contributed by atoms with Crippen molar-refractivity contribution in [2.24, 2.45) is 0 Å². The quantitative estimate of drug-likeness (QED) is 0.275. The number of furan rings is 1. The Morgan fingerprint density at radius 1 is 0.320 bits per heavy atom. The number of nitrogens with zero attached hydrogens (tertiary/aromatic N) is 3. The van der Waals surface area contributed by atoms with Crippen LogP contribution in [0.4, 0.5) is 0 Å². The van der Waals surface area contributed by atoms with Crippen molar-refractivity contribution in [2.75, 3.05) is 0 Å². The van der Waals surface area contributed by atoms with Crippen LogP contribution in [0, 0.1) is 0 Å². The molecule has 11 heteroatoms. The molecule has 0 aliphatic rings. The molecule has 14 radical (unpaired) electrons. The maximum absolute atomic E-state index is 6.92. The van der Waals surface area contributed by atoms with E-state index in [0.717, 1.165) is 33.4 Å². The topological polar surface area (TPSA) is 51.8 Å². The number of benzene rings is 6. The van der Waals surface area contributed by atoms with Crippen molar-refractivity contribution in [1.29, 1.82) is 0 Å². The number of hydrogen-bond donors (Lipinski definition) is 0. The first-order valence-corrected chi connectivity index (χ1v) is 15.7. The Morgan fingerprint density at radius 2 is 0.680 bits per heavy atom. The minimum Gasteiger partial charge on any atom is -0.457 e. The Balaban J connectivity index is 1.35. The fourth-order valence-electron chi connectivity index (χ4n) is 6.27. The van der Waals surface area contributed by atoms with Crippen LogP contribution in [0.2, 0.25) is 0 Å². The van der Waals surface area contributed by atoms with E-state index in [4.69, 9.17) is 74.3 Å². The lowest BCUT2D eigenvalue weighted by Crippen LogP contribution is -2.47. The van der Waals surface area contributed by atoms with Crippen molar-refractivity contribution in [3.05, 3.63) is 109 Å². The van der Waals surface area contributed by atoms with Gasteiger partial charge in [0, 0.05) is 27.5 Å². The molecule has 8 rings (SSSR count). The summed E-state index contributed by atoms with van der Waals surface area (Å²) in [5.74, 6) is 1.02. The summed E-state index contributed by atoms with van der Waals surface area (Å²) in [6.07, 6.45) is 0. The molecule has 0 N–H and O–H groups in total. The average molecular weight is 620 g/mol. The molecule has 216 valence electrons. The van der Waals surface area contributed by atoms with E-state index >= 15 is 0 Å². The van der Waals surface area contributed by atoms with Gasteiger partial charge in [-0.05, 0) is 22.3 Å². The Hall–Kier alpha value is -5.42. The number of aromatic nitrogens is 3. The first-order chi connectivity index (χ1) is 24.2. The summed E-state index contributed by atoms with van der Waals surface area (Å²) in [4.78, 5) is 14.7. The Bertz CT molecular complexity index is 2490. The summed E-state index contributed by atoms with van der Waals surface area (Å²) >= 11 is 0. The maximum atomic E-state index is 6.92. The molecule has 2 aromatic heterocycles. The van der Waals surface area contributed by atoms with E-state index in [9.17, 15) is 0 Å². The fourth-order valence-corrected chi connectivity index (χ4v) is 6.27. The molecule has 0 fully saturated rings. The first kappa shape index (κ1) is 31.8. The number of fused-ring (bicyclic) bond motifs is 3. The van der Waals surface area contributed by atoms with Crippen LogP contribution < -0.4 is 38.2 Å². The van der Waals surface area contributed by atoms with Gasteiger partial charge < -0.3 is 4.42 Å².